The molecule has 0 bridgehead atoms. The van der Waals surface area contributed by atoms with E-state index < -0.39 is 10.9 Å². The van der Waals surface area contributed by atoms with Crippen LogP contribution in [0.4, 0.5) is 17.1 Å². The van der Waals surface area contributed by atoms with Gasteiger partial charge in [0.25, 0.3) is 5.69 Å². The highest BCUT2D eigenvalue weighted by atomic mass is 16.6. The van der Waals surface area contributed by atoms with Gasteiger partial charge < -0.3 is 15.2 Å². The molecule has 7 heteroatoms. The van der Waals surface area contributed by atoms with Crippen molar-refractivity contribution >= 4 is 23.0 Å². The van der Waals surface area contributed by atoms with Gasteiger partial charge in [0.2, 0.25) is 0 Å². The molecule has 2 N–H and O–H groups in total. The fraction of sp³-hybridized carbons (Fsp3) is 0.133. The summed E-state index contributed by atoms with van der Waals surface area (Å²) in [5.74, 6) is -0.478. The molecule has 0 aliphatic carbocycles. The number of rotatable bonds is 6. The number of nitrogens with zero attached hydrogens (tertiary/aromatic N) is 1. The van der Waals surface area contributed by atoms with Gasteiger partial charge in [-0.15, -0.1) is 0 Å². The second-order valence-electron chi connectivity index (χ2n) is 4.37. The number of ether oxygens (including phenoxy) is 1. The lowest BCUT2D eigenvalue weighted by molar-refractivity contribution is -0.384. The van der Waals surface area contributed by atoms with Crippen molar-refractivity contribution < 1.29 is 19.6 Å². The first-order valence-electron chi connectivity index (χ1n) is 6.53. The van der Waals surface area contributed by atoms with Crippen LogP contribution in [0.1, 0.15) is 17.3 Å². The number of nitro groups is 1. The number of carboxylic acids is 1. The second-order valence-corrected chi connectivity index (χ2v) is 4.37. The summed E-state index contributed by atoms with van der Waals surface area (Å²) in [7, 11) is 0. The van der Waals surface area contributed by atoms with Crippen LogP contribution < -0.4 is 10.1 Å². The minimum atomic E-state index is -1.16. The Balaban J connectivity index is 2.32. The molecule has 7 nitrogen and oxygen atoms in total. The maximum Gasteiger partial charge on any atom is 0.337 e. The molecule has 0 saturated carbocycles. The van der Waals surface area contributed by atoms with Gasteiger partial charge in [-0.3, -0.25) is 10.1 Å². The first-order valence-corrected chi connectivity index (χ1v) is 6.53. The predicted octanol–water partition coefficient (Wildman–Crippen LogP) is 3.44. The summed E-state index contributed by atoms with van der Waals surface area (Å²) in [4.78, 5) is 21.4. The smallest absolute Gasteiger partial charge is 0.337 e. The number of aromatic carboxylic acids is 1. The first-order chi connectivity index (χ1) is 10.5. The quantitative estimate of drug-likeness (QED) is 0.626. The van der Waals surface area contributed by atoms with E-state index in [0.717, 1.165) is 6.07 Å². The van der Waals surface area contributed by atoms with Crippen LogP contribution in [0.3, 0.4) is 0 Å². The van der Waals surface area contributed by atoms with E-state index >= 15 is 0 Å². The van der Waals surface area contributed by atoms with Crippen molar-refractivity contribution in [3.8, 4) is 5.75 Å². The van der Waals surface area contributed by atoms with E-state index in [-0.39, 0.29) is 16.9 Å². The number of carboxylic acid groups (broad SMARTS) is 1. The van der Waals surface area contributed by atoms with Crippen LogP contribution in [0.5, 0.6) is 5.75 Å². The van der Waals surface area contributed by atoms with Gasteiger partial charge in [-0.1, -0.05) is 0 Å². The number of anilines is 2. The van der Waals surface area contributed by atoms with E-state index in [1.54, 1.807) is 24.3 Å². The molecule has 0 amide bonds. The third-order valence-corrected chi connectivity index (χ3v) is 2.89. The molecule has 22 heavy (non-hydrogen) atoms. The molecule has 0 aliphatic heterocycles. The number of non-ortho nitro benzene ring substituents is 1. The Kier molecular flexibility index (Phi) is 4.57. The molecule has 0 atom stereocenters. The van der Waals surface area contributed by atoms with Crippen molar-refractivity contribution in [3.63, 3.8) is 0 Å². The first kappa shape index (κ1) is 15.3. The van der Waals surface area contributed by atoms with Crippen LogP contribution in [-0.2, 0) is 0 Å². The van der Waals surface area contributed by atoms with Gasteiger partial charge in [0.05, 0.1) is 22.8 Å². The van der Waals surface area contributed by atoms with E-state index in [1.165, 1.54) is 12.1 Å². The third kappa shape index (κ3) is 3.51. The zero-order chi connectivity index (χ0) is 16.1. The average Bonchev–Trinajstić information content (AvgIpc) is 2.49. The van der Waals surface area contributed by atoms with Gasteiger partial charge in [0.1, 0.15) is 5.75 Å². The van der Waals surface area contributed by atoms with Gasteiger partial charge in [-0.25, -0.2) is 4.79 Å². The Hall–Kier alpha value is -3.09. The molecule has 2 aromatic rings. The van der Waals surface area contributed by atoms with Crippen molar-refractivity contribution in [2.45, 2.75) is 6.92 Å². The highest BCUT2D eigenvalue weighted by Crippen LogP contribution is 2.27. The Morgan fingerprint density at radius 2 is 1.95 bits per heavy atom. The van der Waals surface area contributed by atoms with Crippen LogP contribution in [0.15, 0.2) is 42.5 Å². The summed E-state index contributed by atoms with van der Waals surface area (Å²) in [5, 5.41) is 22.9. The molecule has 0 aliphatic rings. The van der Waals surface area contributed by atoms with Gasteiger partial charge in [0, 0.05) is 17.8 Å². The molecular weight excluding hydrogens is 288 g/mol. The Morgan fingerprint density at radius 3 is 2.50 bits per heavy atom. The minimum Gasteiger partial charge on any atom is -0.494 e. The van der Waals surface area contributed by atoms with E-state index in [2.05, 4.69) is 5.32 Å². The fourth-order valence-electron chi connectivity index (χ4n) is 1.89. The van der Waals surface area contributed by atoms with Crippen LogP contribution in [0.2, 0.25) is 0 Å². The highest BCUT2D eigenvalue weighted by molar-refractivity contribution is 5.95. The normalized spacial score (nSPS) is 10.0. The summed E-state index contributed by atoms with van der Waals surface area (Å²) in [6, 6.07) is 10.4. The number of benzene rings is 2. The zero-order valence-electron chi connectivity index (χ0n) is 11.8. The fourth-order valence-corrected chi connectivity index (χ4v) is 1.89. The van der Waals surface area contributed by atoms with E-state index in [1.807, 2.05) is 6.92 Å². The van der Waals surface area contributed by atoms with Crippen LogP contribution in [-0.4, -0.2) is 22.6 Å². The Labute approximate surface area is 126 Å². The largest absolute Gasteiger partial charge is 0.494 e. The van der Waals surface area contributed by atoms with Crippen LogP contribution in [0.25, 0.3) is 0 Å². The number of hydrogen-bond acceptors (Lipinski definition) is 5. The maximum atomic E-state index is 11.2. The SMILES string of the molecule is CCOc1ccc(Nc2cc([N+](=O)[O-])ccc2C(=O)O)cc1. The lowest BCUT2D eigenvalue weighted by Crippen LogP contribution is -2.03. The summed E-state index contributed by atoms with van der Waals surface area (Å²) in [6.45, 7) is 2.41. The lowest BCUT2D eigenvalue weighted by atomic mass is 10.1. The van der Waals surface area contributed by atoms with E-state index in [4.69, 9.17) is 9.84 Å². The van der Waals surface area contributed by atoms with Gasteiger partial charge in [-0.2, -0.15) is 0 Å². The lowest BCUT2D eigenvalue weighted by Gasteiger charge is -2.10. The molecule has 2 rings (SSSR count). The van der Waals surface area contributed by atoms with Crippen LogP contribution in [0, 0.1) is 10.1 Å². The number of nitro benzene ring substituents is 1. The monoisotopic (exact) mass is 302 g/mol. The molecule has 114 valence electrons. The Bertz CT molecular complexity index is 698. The molecule has 0 aromatic heterocycles. The number of nitrogens with one attached hydrogen (secondary N) is 1. The number of hydrogen-bond donors (Lipinski definition) is 2. The predicted molar refractivity (Wildman–Crippen MR) is 80.9 cm³/mol. The van der Waals surface area contributed by atoms with E-state index in [9.17, 15) is 14.9 Å². The van der Waals surface area contributed by atoms with Crippen LogP contribution >= 0.6 is 0 Å². The van der Waals surface area contributed by atoms with E-state index in [0.29, 0.717) is 18.0 Å². The second kappa shape index (κ2) is 6.57. The maximum absolute atomic E-state index is 11.2. The molecule has 0 unspecified atom stereocenters. The molecule has 0 heterocycles. The average molecular weight is 302 g/mol. The van der Waals surface area contributed by atoms with Crippen molar-refractivity contribution in [1.29, 1.82) is 0 Å². The zero-order valence-corrected chi connectivity index (χ0v) is 11.8. The summed E-state index contributed by atoms with van der Waals surface area (Å²) < 4.78 is 5.31. The van der Waals surface area contributed by atoms with Gasteiger partial charge >= 0.3 is 5.97 Å². The summed E-state index contributed by atoms with van der Waals surface area (Å²) in [6.07, 6.45) is 0. The Morgan fingerprint density at radius 1 is 1.27 bits per heavy atom. The number of carbonyl (C=O) groups is 1. The molecule has 0 radical (unpaired) electrons. The summed E-state index contributed by atoms with van der Waals surface area (Å²) in [5.41, 5.74) is 0.537. The standard InChI is InChI=1S/C15H14N2O5/c1-2-22-12-6-3-10(4-7-12)16-14-9-11(17(20)21)5-8-13(14)15(18)19/h3-9,16H,2H2,1H3,(H,18,19). The van der Waals surface area contributed by atoms with Gasteiger partial charge in [0.15, 0.2) is 0 Å². The third-order valence-electron chi connectivity index (χ3n) is 2.89. The molecule has 2 aromatic carbocycles. The van der Waals surface area contributed by atoms with Gasteiger partial charge in [-0.05, 0) is 37.3 Å². The minimum absolute atomic E-state index is 0.0421. The topological polar surface area (TPSA) is 102 Å². The van der Waals surface area contributed by atoms with Crippen molar-refractivity contribution in [1.82, 2.24) is 0 Å². The molecule has 0 saturated heterocycles. The summed E-state index contributed by atoms with van der Waals surface area (Å²) >= 11 is 0. The van der Waals surface area contributed by atoms with Crippen molar-refractivity contribution in [2.75, 3.05) is 11.9 Å². The molecule has 0 spiro atoms. The molecule has 0 fully saturated rings. The van der Waals surface area contributed by atoms with Crippen molar-refractivity contribution in [2.24, 2.45) is 0 Å². The highest BCUT2D eigenvalue weighted by Gasteiger charge is 2.15. The molecular formula is C15H14N2O5. The van der Waals surface area contributed by atoms with Crippen molar-refractivity contribution in [3.05, 3.63) is 58.1 Å².